The quantitative estimate of drug-likeness (QED) is 0.697. The molecule has 0 aliphatic heterocycles. The molecular weight excluding hydrogens is 198 g/mol. The minimum absolute atomic E-state index is 0.156. The molecule has 0 atom stereocenters. The summed E-state index contributed by atoms with van der Waals surface area (Å²) < 4.78 is 3.95. The smallest absolute Gasteiger partial charge is 0.230 e. The molecule has 0 unspecified atom stereocenters. The lowest BCUT2D eigenvalue weighted by atomic mass is 10.2. The molecule has 0 saturated carbocycles. The van der Waals surface area contributed by atoms with Gasteiger partial charge in [-0.25, -0.2) is 9.97 Å². The van der Waals surface area contributed by atoms with Crippen molar-refractivity contribution in [3.05, 3.63) is 40.9 Å². The molecule has 0 aliphatic carbocycles. The van der Waals surface area contributed by atoms with E-state index in [0.29, 0.717) is 17.2 Å². The molecule has 2 heterocycles. The predicted octanol–water partition coefficient (Wildman–Crippen LogP) is 1.47. The van der Waals surface area contributed by atoms with E-state index >= 15 is 0 Å². The molecule has 0 bridgehead atoms. The van der Waals surface area contributed by atoms with Crippen LogP contribution in [0.15, 0.2) is 23.7 Å². The molecule has 0 spiro atoms. The highest BCUT2D eigenvalue weighted by atomic mass is 32.1. The Balaban J connectivity index is 2.37. The highest BCUT2D eigenvalue weighted by Crippen LogP contribution is 2.06. The molecule has 0 aromatic carbocycles. The van der Waals surface area contributed by atoms with Crippen LogP contribution in [0, 0.1) is 6.92 Å². The lowest BCUT2D eigenvalue weighted by Gasteiger charge is -1.96. The minimum Gasteiger partial charge on any atom is -0.285 e. The van der Waals surface area contributed by atoms with Gasteiger partial charge in [-0.05, 0) is 30.6 Å². The Morgan fingerprint density at radius 1 is 1.36 bits per heavy atom. The Morgan fingerprint density at radius 3 is 2.86 bits per heavy atom. The average Bonchev–Trinajstić information content (AvgIpc) is 2.69. The van der Waals surface area contributed by atoms with Crippen LogP contribution in [-0.4, -0.2) is 20.1 Å². The molecular formula is C9H7N3OS. The van der Waals surface area contributed by atoms with E-state index in [1.54, 1.807) is 30.6 Å². The SMILES string of the molecule is Cc1nccc(C(=O)c2ccsn2)n1. The Kier molecular flexibility index (Phi) is 2.32. The Hall–Kier alpha value is -1.62. The number of aryl methyl sites for hydroxylation is 1. The van der Waals surface area contributed by atoms with Crippen molar-refractivity contribution in [3.63, 3.8) is 0 Å². The van der Waals surface area contributed by atoms with Gasteiger partial charge in [0.1, 0.15) is 17.2 Å². The van der Waals surface area contributed by atoms with E-state index < -0.39 is 0 Å². The maximum absolute atomic E-state index is 11.7. The van der Waals surface area contributed by atoms with Crippen molar-refractivity contribution in [2.24, 2.45) is 0 Å². The van der Waals surface area contributed by atoms with Crippen molar-refractivity contribution >= 4 is 17.3 Å². The lowest BCUT2D eigenvalue weighted by molar-refractivity contribution is 0.103. The number of nitrogens with zero attached hydrogens (tertiary/aromatic N) is 3. The normalized spacial score (nSPS) is 10.1. The average molecular weight is 205 g/mol. The van der Waals surface area contributed by atoms with Crippen LogP contribution in [-0.2, 0) is 0 Å². The van der Waals surface area contributed by atoms with E-state index in [-0.39, 0.29) is 5.78 Å². The topological polar surface area (TPSA) is 55.7 Å². The fraction of sp³-hybridized carbons (Fsp3) is 0.111. The predicted molar refractivity (Wildman–Crippen MR) is 52.3 cm³/mol. The van der Waals surface area contributed by atoms with E-state index in [1.807, 2.05) is 0 Å². The van der Waals surface area contributed by atoms with Crippen LogP contribution in [0.25, 0.3) is 0 Å². The van der Waals surface area contributed by atoms with Gasteiger partial charge in [0.25, 0.3) is 0 Å². The zero-order valence-electron chi connectivity index (χ0n) is 7.47. The van der Waals surface area contributed by atoms with Crippen LogP contribution in [0.4, 0.5) is 0 Å². The molecule has 0 radical (unpaired) electrons. The Bertz CT molecular complexity index is 453. The molecule has 4 nitrogen and oxygen atoms in total. The molecule has 0 aliphatic rings. The Morgan fingerprint density at radius 2 is 2.21 bits per heavy atom. The maximum atomic E-state index is 11.7. The van der Waals surface area contributed by atoms with Crippen LogP contribution in [0.3, 0.4) is 0 Å². The zero-order valence-corrected chi connectivity index (χ0v) is 8.28. The minimum atomic E-state index is -0.156. The molecule has 0 fully saturated rings. The van der Waals surface area contributed by atoms with Crippen LogP contribution in [0.2, 0.25) is 0 Å². The summed E-state index contributed by atoms with van der Waals surface area (Å²) in [4.78, 5) is 19.7. The summed E-state index contributed by atoms with van der Waals surface area (Å²) in [6, 6.07) is 3.28. The number of hydrogen-bond donors (Lipinski definition) is 0. The van der Waals surface area contributed by atoms with Gasteiger partial charge in [-0.1, -0.05) is 0 Å². The van der Waals surface area contributed by atoms with Gasteiger partial charge >= 0.3 is 0 Å². The second-order valence-corrected chi connectivity index (χ2v) is 3.37. The van der Waals surface area contributed by atoms with E-state index in [0.717, 1.165) is 0 Å². The molecule has 0 amide bonds. The fourth-order valence-corrected chi connectivity index (χ4v) is 1.55. The van der Waals surface area contributed by atoms with E-state index in [9.17, 15) is 4.79 Å². The van der Waals surface area contributed by atoms with Crippen LogP contribution in [0.5, 0.6) is 0 Å². The summed E-state index contributed by atoms with van der Waals surface area (Å²) in [6.07, 6.45) is 1.57. The summed E-state index contributed by atoms with van der Waals surface area (Å²) in [7, 11) is 0. The van der Waals surface area contributed by atoms with Gasteiger partial charge in [-0.3, -0.25) is 4.79 Å². The van der Waals surface area contributed by atoms with E-state index in [4.69, 9.17) is 0 Å². The summed E-state index contributed by atoms with van der Waals surface area (Å²) in [5.74, 6) is 0.433. The molecule has 0 N–H and O–H groups in total. The summed E-state index contributed by atoms with van der Waals surface area (Å²) in [5.41, 5.74) is 0.830. The summed E-state index contributed by atoms with van der Waals surface area (Å²) in [5, 5.41) is 1.77. The monoisotopic (exact) mass is 205 g/mol. The largest absolute Gasteiger partial charge is 0.285 e. The lowest BCUT2D eigenvalue weighted by Crippen LogP contribution is -2.05. The van der Waals surface area contributed by atoms with Crippen molar-refractivity contribution in [1.29, 1.82) is 0 Å². The third-order valence-corrected chi connectivity index (χ3v) is 2.24. The number of rotatable bonds is 2. The molecule has 2 rings (SSSR count). The second kappa shape index (κ2) is 3.63. The van der Waals surface area contributed by atoms with E-state index in [2.05, 4.69) is 14.3 Å². The standard InChI is InChI=1S/C9H7N3OS/c1-6-10-4-2-7(11-6)9(13)8-3-5-14-12-8/h2-5H,1H3. The van der Waals surface area contributed by atoms with Crippen LogP contribution in [0.1, 0.15) is 22.0 Å². The van der Waals surface area contributed by atoms with Crippen LogP contribution >= 0.6 is 11.5 Å². The number of carbonyl (C=O) groups is 1. The highest BCUT2D eigenvalue weighted by Gasteiger charge is 2.12. The third kappa shape index (κ3) is 1.67. The van der Waals surface area contributed by atoms with Crippen molar-refractivity contribution in [3.8, 4) is 0 Å². The van der Waals surface area contributed by atoms with Crippen molar-refractivity contribution in [2.75, 3.05) is 0 Å². The Labute approximate surface area is 84.8 Å². The molecule has 2 aromatic heterocycles. The van der Waals surface area contributed by atoms with Crippen molar-refractivity contribution in [2.45, 2.75) is 6.92 Å². The van der Waals surface area contributed by atoms with Gasteiger partial charge in [-0.2, -0.15) is 4.37 Å². The van der Waals surface area contributed by atoms with Crippen molar-refractivity contribution < 1.29 is 4.79 Å². The van der Waals surface area contributed by atoms with Gasteiger partial charge < -0.3 is 0 Å². The van der Waals surface area contributed by atoms with Gasteiger partial charge in [0.05, 0.1) is 0 Å². The summed E-state index contributed by atoms with van der Waals surface area (Å²) >= 11 is 1.25. The first kappa shape index (κ1) is 8.96. The van der Waals surface area contributed by atoms with Gasteiger partial charge in [0.15, 0.2) is 0 Å². The number of ketones is 1. The zero-order chi connectivity index (χ0) is 9.97. The number of carbonyl (C=O) groups excluding carboxylic acids is 1. The first-order chi connectivity index (χ1) is 6.77. The first-order valence-electron chi connectivity index (χ1n) is 4.02. The first-order valence-corrected chi connectivity index (χ1v) is 4.86. The molecule has 5 heteroatoms. The number of hydrogen-bond acceptors (Lipinski definition) is 5. The van der Waals surface area contributed by atoms with Crippen molar-refractivity contribution in [1.82, 2.24) is 14.3 Å². The molecule has 70 valence electrons. The molecule has 14 heavy (non-hydrogen) atoms. The number of aromatic nitrogens is 3. The fourth-order valence-electron chi connectivity index (χ4n) is 1.04. The molecule has 2 aromatic rings. The maximum Gasteiger partial charge on any atom is 0.230 e. The van der Waals surface area contributed by atoms with E-state index in [1.165, 1.54) is 11.5 Å². The summed E-state index contributed by atoms with van der Waals surface area (Å²) in [6.45, 7) is 1.75. The van der Waals surface area contributed by atoms with Gasteiger partial charge in [0, 0.05) is 11.6 Å². The second-order valence-electron chi connectivity index (χ2n) is 2.70. The van der Waals surface area contributed by atoms with Crippen LogP contribution < -0.4 is 0 Å². The van der Waals surface area contributed by atoms with Gasteiger partial charge in [-0.15, -0.1) is 0 Å². The molecule has 0 saturated heterocycles. The highest BCUT2D eigenvalue weighted by molar-refractivity contribution is 7.03. The van der Waals surface area contributed by atoms with Gasteiger partial charge in [0.2, 0.25) is 5.78 Å². The third-order valence-electron chi connectivity index (χ3n) is 1.68.